The van der Waals surface area contributed by atoms with Crippen LogP contribution in [0.5, 0.6) is 11.5 Å². The average molecular weight is 479 g/mol. The van der Waals surface area contributed by atoms with Gasteiger partial charge in [0.05, 0.1) is 20.3 Å². The molecule has 6 heteroatoms. The Morgan fingerprint density at radius 2 is 1.82 bits per heavy atom. The number of carbonyl (C=O) groups excluding carboxylic acids is 1. The monoisotopic (exact) mass is 478 g/mol. The Hall–Kier alpha value is -3.02. The van der Waals surface area contributed by atoms with Crippen LogP contribution in [0.2, 0.25) is 5.02 Å². The summed E-state index contributed by atoms with van der Waals surface area (Å²) in [6.07, 6.45) is 0.896. The average Bonchev–Trinajstić information content (AvgIpc) is 2.82. The van der Waals surface area contributed by atoms with Crippen molar-refractivity contribution in [3.63, 3.8) is 0 Å². The van der Waals surface area contributed by atoms with E-state index in [-0.39, 0.29) is 18.0 Å². The smallest absolute Gasteiger partial charge is 0.251 e. The minimum absolute atomic E-state index is 0.0350. The van der Waals surface area contributed by atoms with Crippen molar-refractivity contribution in [2.75, 3.05) is 20.8 Å². The summed E-state index contributed by atoms with van der Waals surface area (Å²) >= 11 is 6.12. The van der Waals surface area contributed by atoms with E-state index in [1.54, 1.807) is 38.5 Å². The number of rotatable bonds is 7. The number of nitrogens with zero attached hydrogens (tertiary/aromatic N) is 1. The Kier molecular flexibility index (Phi) is 7.44. The molecule has 3 aromatic rings. The van der Waals surface area contributed by atoms with E-state index in [9.17, 15) is 4.79 Å². The van der Waals surface area contributed by atoms with Crippen molar-refractivity contribution < 1.29 is 14.3 Å². The van der Waals surface area contributed by atoms with E-state index in [1.807, 2.05) is 0 Å². The minimum Gasteiger partial charge on any atom is -0.493 e. The fourth-order valence-electron chi connectivity index (χ4n) is 4.84. The fraction of sp³-hybridized carbons (Fsp3) is 0.321. The summed E-state index contributed by atoms with van der Waals surface area (Å²) in [4.78, 5) is 15.5. The molecule has 1 amide bonds. The van der Waals surface area contributed by atoms with Crippen LogP contribution in [0.1, 0.15) is 45.6 Å². The molecule has 1 heterocycles. The number of benzene rings is 3. The van der Waals surface area contributed by atoms with Crippen molar-refractivity contribution in [2.45, 2.75) is 38.9 Å². The number of hydrogen-bond acceptors (Lipinski definition) is 4. The van der Waals surface area contributed by atoms with Gasteiger partial charge in [0.15, 0.2) is 11.5 Å². The lowest BCUT2D eigenvalue weighted by molar-refractivity contribution is 0.0877. The van der Waals surface area contributed by atoms with Crippen molar-refractivity contribution in [1.29, 1.82) is 0 Å². The van der Waals surface area contributed by atoms with Crippen molar-refractivity contribution >= 4 is 17.5 Å². The molecule has 0 aromatic heterocycles. The van der Waals surface area contributed by atoms with Crippen LogP contribution < -0.4 is 14.8 Å². The third-order valence-electron chi connectivity index (χ3n) is 6.41. The molecule has 178 valence electrons. The lowest BCUT2D eigenvalue weighted by atomic mass is 9.87. The van der Waals surface area contributed by atoms with E-state index in [4.69, 9.17) is 21.1 Å². The topological polar surface area (TPSA) is 50.8 Å². The van der Waals surface area contributed by atoms with Gasteiger partial charge in [0.25, 0.3) is 5.91 Å². The standard InChI is InChI=1S/C28H31ClN2O3/c1-18-7-5-8-20(13-18)17-31-12-11-21-15-25(33-3)26(34-4)16-24(21)27(31)19(2)30-28(32)22-9-6-10-23(29)14-22/h5-10,13-16,19,27H,11-12,17H2,1-4H3,(H,30,32). The van der Waals surface area contributed by atoms with E-state index in [1.165, 1.54) is 16.7 Å². The van der Waals surface area contributed by atoms with Crippen LogP contribution >= 0.6 is 11.6 Å². The van der Waals surface area contributed by atoms with Gasteiger partial charge in [-0.25, -0.2) is 0 Å². The van der Waals surface area contributed by atoms with E-state index in [2.05, 4.69) is 60.5 Å². The molecule has 2 atom stereocenters. The number of aryl methyl sites for hydroxylation is 1. The summed E-state index contributed by atoms with van der Waals surface area (Å²) in [5.74, 6) is 1.28. The first kappa shape index (κ1) is 24.1. The largest absolute Gasteiger partial charge is 0.493 e. The number of fused-ring (bicyclic) bond motifs is 1. The third kappa shape index (κ3) is 5.21. The Labute approximate surface area is 206 Å². The molecule has 0 spiro atoms. The molecule has 3 aromatic carbocycles. The molecule has 0 saturated heterocycles. The molecule has 1 N–H and O–H groups in total. The van der Waals surface area contributed by atoms with Gasteiger partial charge in [-0.15, -0.1) is 0 Å². The lowest BCUT2D eigenvalue weighted by Crippen LogP contribution is -2.47. The maximum Gasteiger partial charge on any atom is 0.251 e. The van der Waals surface area contributed by atoms with Gasteiger partial charge in [-0.1, -0.05) is 47.5 Å². The van der Waals surface area contributed by atoms with Crippen molar-refractivity contribution in [1.82, 2.24) is 10.2 Å². The van der Waals surface area contributed by atoms with Gasteiger partial charge in [0, 0.05) is 29.7 Å². The molecule has 34 heavy (non-hydrogen) atoms. The Balaban J connectivity index is 1.69. The predicted molar refractivity (Wildman–Crippen MR) is 136 cm³/mol. The zero-order valence-electron chi connectivity index (χ0n) is 20.1. The summed E-state index contributed by atoms with van der Waals surface area (Å²) in [5, 5.41) is 3.76. The second kappa shape index (κ2) is 10.5. The third-order valence-corrected chi connectivity index (χ3v) is 6.65. The normalized spacial score (nSPS) is 16.4. The Morgan fingerprint density at radius 3 is 2.53 bits per heavy atom. The number of halogens is 1. The molecular formula is C28H31ClN2O3. The highest BCUT2D eigenvalue weighted by molar-refractivity contribution is 6.30. The van der Waals surface area contributed by atoms with Crippen LogP contribution in [0.15, 0.2) is 60.7 Å². The minimum atomic E-state index is -0.159. The van der Waals surface area contributed by atoms with Gasteiger partial charge in [0.1, 0.15) is 0 Å². The zero-order valence-corrected chi connectivity index (χ0v) is 20.9. The number of nitrogens with one attached hydrogen (secondary N) is 1. The number of ether oxygens (including phenoxy) is 2. The van der Waals surface area contributed by atoms with Gasteiger partial charge in [-0.2, -0.15) is 0 Å². The quantitative estimate of drug-likeness (QED) is 0.481. The van der Waals surface area contributed by atoms with Crippen LogP contribution in [0.25, 0.3) is 0 Å². The van der Waals surface area contributed by atoms with E-state index >= 15 is 0 Å². The molecular weight excluding hydrogens is 448 g/mol. The van der Waals surface area contributed by atoms with Crippen molar-refractivity contribution in [2.24, 2.45) is 0 Å². The first-order valence-corrected chi connectivity index (χ1v) is 11.9. The number of carbonyl (C=O) groups is 1. The maximum atomic E-state index is 13.1. The highest BCUT2D eigenvalue weighted by Crippen LogP contribution is 2.40. The molecule has 2 unspecified atom stereocenters. The molecule has 1 aliphatic rings. The Morgan fingerprint density at radius 1 is 1.09 bits per heavy atom. The molecule has 5 nitrogen and oxygen atoms in total. The summed E-state index contributed by atoms with van der Waals surface area (Å²) in [6.45, 7) is 5.83. The van der Waals surface area contributed by atoms with Gasteiger partial charge >= 0.3 is 0 Å². The number of hydrogen-bond donors (Lipinski definition) is 1. The van der Waals surface area contributed by atoms with Gasteiger partial charge < -0.3 is 14.8 Å². The maximum absolute atomic E-state index is 13.1. The lowest BCUT2D eigenvalue weighted by Gasteiger charge is -2.41. The molecule has 0 radical (unpaired) electrons. The summed E-state index contributed by atoms with van der Waals surface area (Å²) < 4.78 is 11.2. The Bertz CT molecular complexity index is 1180. The van der Waals surface area contributed by atoms with Gasteiger partial charge in [0.2, 0.25) is 0 Å². The van der Waals surface area contributed by atoms with Gasteiger partial charge in [-0.05, 0) is 67.3 Å². The fourth-order valence-corrected chi connectivity index (χ4v) is 5.03. The first-order chi connectivity index (χ1) is 16.4. The second-order valence-electron chi connectivity index (χ2n) is 8.83. The number of methoxy groups -OCH3 is 2. The van der Waals surface area contributed by atoms with Crippen LogP contribution in [0.4, 0.5) is 0 Å². The summed E-state index contributed by atoms with van der Waals surface area (Å²) in [5.41, 5.74) is 5.40. The zero-order chi connectivity index (χ0) is 24.2. The first-order valence-electron chi connectivity index (χ1n) is 11.5. The molecule has 0 bridgehead atoms. The second-order valence-corrected chi connectivity index (χ2v) is 9.27. The van der Waals surface area contributed by atoms with E-state index < -0.39 is 0 Å². The van der Waals surface area contributed by atoms with Crippen LogP contribution in [-0.2, 0) is 13.0 Å². The molecule has 4 rings (SSSR count). The highest BCUT2D eigenvalue weighted by Gasteiger charge is 2.34. The van der Waals surface area contributed by atoms with E-state index in [0.29, 0.717) is 16.3 Å². The molecule has 1 aliphatic heterocycles. The van der Waals surface area contributed by atoms with E-state index in [0.717, 1.165) is 30.8 Å². The summed E-state index contributed by atoms with van der Waals surface area (Å²) in [7, 11) is 3.30. The predicted octanol–water partition coefficient (Wildman–Crippen LogP) is 5.58. The van der Waals surface area contributed by atoms with Crippen LogP contribution in [-0.4, -0.2) is 37.6 Å². The summed E-state index contributed by atoms with van der Waals surface area (Å²) in [6, 6.07) is 19.5. The molecule has 0 saturated carbocycles. The molecule has 0 fully saturated rings. The van der Waals surface area contributed by atoms with Crippen molar-refractivity contribution in [3.05, 3.63) is 93.5 Å². The molecule has 0 aliphatic carbocycles. The van der Waals surface area contributed by atoms with Crippen LogP contribution in [0, 0.1) is 6.92 Å². The highest BCUT2D eigenvalue weighted by atomic mass is 35.5. The SMILES string of the molecule is COc1cc2c(cc1OC)C(C(C)NC(=O)c1cccc(Cl)c1)N(Cc1cccc(C)c1)CC2. The van der Waals surface area contributed by atoms with Crippen molar-refractivity contribution in [3.8, 4) is 11.5 Å². The van der Waals surface area contributed by atoms with Crippen LogP contribution in [0.3, 0.4) is 0 Å². The van der Waals surface area contributed by atoms with Gasteiger partial charge in [-0.3, -0.25) is 9.69 Å². The number of amides is 1.